The Morgan fingerprint density at radius 2 is 1.65 bits per heavy atom. The number of carboxylic acids is 1. The molecule has 0 spiro atoms. The van der Waals surface area contributed by atoms with Crippen LogP contribution in [0.5, 0.6) is 0 Å². The van der Waals surface area contributed by atoms with Crippen LogP contribution in [0.2, 0.25) is 0 Å². The summed E-state index contributed by atoms with van der Waals surface area (Å²) in [6.45, 7) is 3.17. The largest absolute Gasteiger partial charge is 0.481 e. The molecule has 1 amide bonds. The first-order chi connectivity index (χ1) is 9.01. The lowest BCUT2D eigenvalue weighted by Crippen LogP contribution is -2.48. The van der Waals surface area contributed by atoms with Gasteiger partial charge in [-0.15, -0.1) is 0 Å². The fourth-order valence-electron chi connectivity index (χ4n) is 2.54. The van der Waals surface area contributed by atoms with Crippen molar-refractivity contribution in [1.29, 1.82) is 0 Å². The molecule has 4 nitrogen and oxygen atoms in total. The lowest BCUT2D eigenvalue weighted by Gasteiger charge is -2.32. The summed E-state index contributed by atoms with van der Waals surface area (Å²) in [7, 11) is 0. The van der Waals surface area contributed by atoms with E-state index in [1.54, 1.807) is 13.8 Å². The summed E-state index contributed by atoms with van der Waals surface area (Å²) in [6, 6.07) is 0. The van der Waals surface area contributed by atoms with Gasteiger partial charge >= 0.3 is 12.1 Å². The summed E-state index contributed by atoms with van der Waals surface area (Å²) in [5, 5.41) is 11.3. The normalized spacial score (nSPS) is 24.2. The molecule has 0 aromatic carbocycles. The second-order valence-electron chi connectivity index (χ2n) is 6.03. The number of rotatable bonds is 4. The van der Waals surface area contributed by atoms with Crippen molar-refractivity contribution in [3.05, 3.63) is 0 Å². The molecular weight excluding hydrogens is 275 g/mol. The highest BCUT2D eigenvalue weighted by Gasteiger charge is 2.42. The molecule has 7 heteroatoms. The van der Waals surface area contributed by atoms with Crippen LogP contribution in [0.25, 0.3) is 0 Å². The molecule has 0 aliphatic heterocycles. The Hall–Kier alpha value is -1.27. The summed E-state index contributed by atoms with van der Waals surface area (Å²) in [5.74, 6) is -3.16. The van der Waals surface area contributed by atoms with Gasteiger partial charge < -0.3 is 10.4 Å². The molecule has 1 aliphatic carbocycles. The monoisotopic (exact) mass is 295 g/mol. The second kappa shape index (κ2) is 6.01. The minimum Gasteiger partial charge on any atom is -0.481 e. The summed E-state index contributed by atoms with van der Waals surface area (Å²) >= 11 is 0. The van der Waals surface area contributed by atoms with Crippen LogP contribution in [0.1, 0.15) is 46.0 Å². The van der Waals surface area contributed by atoms with E-state index in [2.05, 4.69) is 5.32 Å². The fourth-order valence-corrected chi connectivity index (χ4v) is 2.54. The van der Waals surface area contributed by atoms with Crippen LogP contribution in [0.3, 0.4) is 0 Å². The number of hydrogen-bond donors (Lipinski definition) is 2. The molecule has 0 aromatic rings. The molecule has 2 N–H and O–H groups in total. The van der Waals surface area contributed by atoms with E-state index in [1.807, 2.05) is 0 Å². The first kappa shape index (κ1) is 16.8. The van der Waals surface area contributed by atoms with Gasteiger partial charge in [-0.3, -0.25) is 9.59 Å². The standard InChI is InChI=1S/C13H20F3NO3/c1-12(2,7-10(18)19)17-11(20)8-3-5-9(6-4-8)13(14,15)16/h8-9H,3-7H2,1-2H3,(H,17,20)(H,18,19). The number of hydrogen-bond acceptors (Lipinski definition) is 2. The Kier molecular flexibility index (Phi) is 5.05. The van der Waals surface area contributed by atoms with Gasteiger partial charge in [0.2, 0.25) is 5.91 Å². The first-order valence-electron chi connectivity index (χ1n) is 6.62. The third-order valence-electron chi connectivity index (χ3n) is 3.62. The van der Waals surface area contributed by atoms with Crippen LogP contribution in [0.15, 0.2) is 0 Å². The quantitative estimate of drug-likeness (QED) is 0.838. The fraction of sp³-hybridized carbons (Fsp3) is 0.846. The van der Waals surface area contributed by atoms with Crippen molar-refractivity contribution in [2.24, 2.45) is 11.8 Å². The predicted molar refractivity (Wildman–Crippen MR) is 66.0 cm³/mol. The number of nitrogens with one attached hydrogen (secondary N) is 1. The third-order valence-corrected chi connectivity index (χ3v) is 3.62. The molecule has 116 valence electrons. The molecule has 0 aromatic heterocycles. The van der Waals surface area contributed by atoms with Gasteiger partial charge in [0.05, 0.1) is 12.3 Å². The van der Waals surface area contributed by atoms with Crippen LogP contribution in [-0.4, -0.2) is 28.7 Å². The van der Waals surface area contributed by atoms with Gasteiger partial charge in [-0.1, -0.05) is 0 Å². The number of halogens is 3. The minimum absolute atomic E-state index is 0.0407. The number of aliphatic carboxylic acids is 1. The zero-order valence-electron chi connectivity index (χ0n) is 11.6. The topological polar surface area (TPSA) is 66.4 Å². The van der Waals surface area contributed by atoms with Crippen LogP contribution in [-0.2, 0) is 9.59 Å². The van der Waals surface area contributed by atoms with E-state index in [1.165, 1.54) is 0 Å². The van der Waals surface area contributed by atoms with Crippen LogP contribution >= 0.6 is 0 Å². The van der Waals surface area contributed by atoms with Crippen molar-refractivity contribution in [3.8, 4) is 0 Å². The summed E-state index contributed by atoms with van der Waals surface area (Å²) in [6.07, 6.45) is -4.11. The zero-order chi connectivity index (χ0) is 15.6. The number of carbonyl (C=O) groups excluding carboxylic acids is 1. The highest BCUT2D eigenvalue weighted by molar-refractivity contribution is 5.80. The van der Waals surface area contributed by atoms with Crippen molar-refractivity contribution >= 4 is 11.9 Å². The molecule has 0 saturated heterocycles. The molecule has 1 rings (SSSR count). The molecule has 1 fully saturated rings. The molecule has 0 heterocycles. The average Bonchev–Trinajstić information content (AvgIpc) is 2.25. The zero-order valence-corrected chi connectivity index (χ0v) is 11.6. The molecule has 0 radical (unpaired) electrons. The number of carboxylic acid groups (broad SMARTS) is 1. The van der Waals surface area contributed by atoms with E-state index in [0.717, 1.165) is 0 Å². The maximum Gasteiger partial charge on any atom is 0.391 e. The van der Waals surface area contributed by atoms with Gasteiger partial charge in [-0.25, -0.2) is 0 Å². The van der Waals surface area contributed by atoms with E-state index >= 15 is 0 Å². The highest BCUT2D eigenvalue weighted by atomic mass is 19.4. The van der Waals surface area contributed by atoms with Crippen LogP contribution in [0, 0.1) is 11.8 Å². The molecular formula is C13H20F3NO3. The Morgan fingerprint density at radius 3 is 2.05 bits per heavy atom. The maximum absolute atomic E-state index is 12.5. The second-order valence-corrected chi connectivity index (χ2v) is 6.03. The molecule has 0 unspecified atom stereocenters. The molecule has 1 saturated carbocycles. The van der Waals surface area contributed by atoms with Crippen molar-refractivity contribution in [3.63, 3.8) is 0 Å². The van der Waals surface area contributed by atoms with E-state index in [4.69, 9.17) is 5.11 Å². The number of alkyl halides is 3. The molecule has 0 atom stereocenters. The minimum atomic E-state index is -4.19. The predicted octanol–water partition coefficient (Wildman–Crippen LogP) is 2.72. The van der Waals surface area contributed by atoms with Crippen molar-refractivity contribution < 1.29 is 27.9 Å². The summed E-state index contributed by atoms with van der Waals surface area (Å²) in [5.41, 5.74) is -0.899. The first-order valence-corrected chi connectivity index (χ1v) is 6.62. The Morgan fingerprint density at radius 1 is 1.15 bits per heavy atom. The highest BCUT2D eigenvalue weighted by Crippen LogP contribution is 2.39. The van der Waals surface area contributed by atoms with Crippen molar-refractivity contribution in [2.75, 3.05) is 0 Å². The van der Waals surface area contributed by atoms with Gasteiger partial charge in [-0.2, -0.15) is 13.2 Å². The van der Waals surface area contributed by atoms with Crippen molar-refractivity contribution in [1.82, 2.24) is 5.32 Å². The molecule has 1 aliphatic rings. The SMILES string of the molecule is CC(C)(CC(=O)O)NC(=O)C1CCC(C(F)(F)F)CC1. The van der Waals surface area contributed by atoms with Gasteiger partial charge in [0.1, 0.15) is 0 Å². The van der Waals surface area contributed by atoms with E-state index in [0.29, 0.717) is 0 Å². The molecule has 0 bridgehead atoms. The van der Waals surface area contributed by atoms with Gasteiger partial charge in [0.15, 0.2) is 0 Å². The summed E-state index contributed by atoms with van der Waals surface area (Å²) in [4.78, 5) is 22.6. The average molecular weight is 295 g/mol. The van der Waals surface area contributed by atoms with Crippen molar-refractivity contribution in [2.45, 2.75) is 57.7 Å². The van der Waals surface area contributed by atoms with Gasteiger partial charge in [-0.05, 0) is 39.5 Å². The maximum atomic E-state index is 12.5. The van der Waals surface area contributed by atoms with Gasteiger partial charge in [0.25, 0.3) is 0 Å². The number of amides is 1. The Bertz CT molecular complexity index is 372. The Balaban J connectivity index is 2.49. The van der Waals surface area contributed by atoms with Crippen LogP contribution in [0.4, 0.5) is 13.2 Å². The Labute approximate surface area is 115 Å². The van der Waals surface area contributed by atoms with E-state index in [-0.39, 0.29) is 38.0 Å². The van der Waals surface area contributed by atoms with Gasteiger partial charge in [0, 0.05) is 11.5 Å². The lowest BCUT2D eigenvalue weighted by atomic mass is 9.81. The van der Waals surface area contributed by atoms with E-state index < -0.39 is 29.5 Å². The number of carbonyl (C=O) groups is 2. The lowest BCUT2D eigenvalue weighted by molar-refractivity contribution is -0.184. The third kappa shape index (κ3) is 5.02. The van der Waals surface area contributed by atoms with E-state index in [9.17, 15) is 22.8 Å². The molecule has 20 heavy (non-hydrogen) atoms. The summed E-state index contributed by atoms with van der Waals surface area (Å²) < 4.78 is 37.6. The van der Waals surface area contributed by atoms with Crippen LogP contribution < -0.4 is 5.32 Å². The smallest absolute Gasteiger partial charge is 0.391 e.